The quantitative estimate of drug-likeness (QED) is 0.184. The van der Waals surface area contributed by atoms with Crippen LogP contribution in [-0.2, 0) is 30.7 Å². The zero-order valence-electron chi connectivity index (χ0n) is 23.4. The minimum absolute atomic E-state index is 0.0251. The number of H-pyrrole nitrogens is 1. The molecule has 3 aromatic carbocycles. The van der Waals surface area contributed by atoms with Crippen LogP contribution >= 0.6 is 23.2 Å². The fourth-order valence-electron chi connectivity index (χ4n) is 6.04. The van der Waals surface area contributed by atoms with Crippen molar-refractivity contribution in [1.29, 1.82) is 0 Å². The average Bonchev–Trinajstić information content (AvgIpc) is 3.56. The summed E-state index contributed by atoms with van der Waals surface area (Å²) < 4.78 is 80.8. The lowest BCUT2D eigenvalue weighted by Crippen LogP contribution is -2.35. The first-order chi connectivity index (χ1) is 20.2. The molecule has 230 valence electrons. The van der Waals surface area contributed by atoms with E-state index in [1.807, 2.05) is 48.5 Å². The molecule has 1 saturated heterocycles. The van der Waals surface area contributed by atoms with Gasteiger partial charge < -0.3 is 9.88 Å². The second-order valence-electron chi connectivity index (χ2n) is 11.4. The smallest absolute Gasteiger partial charge is 0.361 e. The molecule has 2 heterocycles. The van der Waals surface area contributed by atoms with E-state index >= 15 is 0 Å². The Morgan fingerprint density at radius 3 is 2.26 bits per heavy atom. The predicted molar refractivity (Wildman–Crippen MR) is 159 cm³/mol. The summed E-state index contributed by atoms with van der Waals surface area (Å²) in [5.74, 6) is 0. The molecule has 0 aliphatic carbocycles. The van der Waals surface area contributed by atoms with Crippen LogP contribution in [0, 0.1) is 0 Å². The maximum absolute atomic E-state index is 13.5. The number of aromatic nitrogens is 1. The molecule has 1 aliphatic heterocycles. The number of alkyl halides is 6. The Labute approximate surface area is 256 Å². The summed E-state index contributed by atoms with van der Waals surface area (Å²) in [7, 11) is 2.05. The normalized spacial score (nSPS) is 18.3. The van der Waals surface area contributed by atoms with Gasteiger partial charge in [0.2, 0.25) is 0 Å². The van der Waals surface area contributed by atoms with E-state index in [4.69, 9.17) is 23.2 Å². The Kier molecular flexibility index (Phi) is 9.10. The molecule has 5 rings (SSSR count). The third kappa shape index (κ3) is 7.33. The van der Waals surface area contributed by atoms with E-state index in [1.54, 1.807) is 6.07 Å². The molecule has 0 spiro atoms. The summed E-state index contributed by atoms with van der Waals surface area (Å²) in [6.45, 7) is 2.48. The molecule has 1 aliphatic rings. The van der Waals surface area contributed by atoms with Crippen molar-refractivity contribution in [2.24, 2.45) is 0 Å². The van der Waals surface area contributed by atoms with Crippen molar-refractivity contribution in [2.75, 3.05) is 33.2 Å². The Balaban J connectivity index is 1.33. The number of likely N-dealkylation sites (N-methyl/N-ethyl adjacent to an activating group) is 1. The maximum Gasteiger partial charge on any atom is 0.416 e. The zero-order valence-corrected chi connectivity index (χ0v) is 24.9. The molecule has 4 aromatic rings. The van der Waals surface area contributed by atoms with Gasteiger partial charge in [0.05, 0.1) is 21.2 Å². The molecule has 0 bridgehead atoms. The standard InChI is InChI=1S/C32H31Cl2F6N3/c1-42(11-8-22-18-41-29-5-3-2-4-26(22)29)12-9-30(23-6-7-27(33)28(34)17-23)10-13-43(20-30)19-21-14-24(31(35,36)37)16-25(15-21)32(38,39)40/h2-7,14-18,41H,8-13,19-20H2,1H3. The first-order valence-corrected chi connectivity index (χ1v) is 14.7. The predicted octanol–water partition coefficient (Wildman–Crippen LogP) is 9.22. The van der Waals surface area contributed by atoms with Gasteiger partial charge in [0.15, 0.2) is 0 Å². The van der Waals surface area contributed by atoms with Crippen LogP contribution in [0.5, 0.6) is 0 Å². The third-order valence-corrected chi connectivity index (χ3v) is 9.17. The van der Waals surface area contributed by atoms with Gasteiger partial charge in [-0.25, -0.2) is 0 Å². The molecule has 1 aromatic heterocycles. The lowest BCUT2D eigenvalue weighted by atomic mass is 9.76. The lowest BCUT2D eigenvalue weighted by Gasteiger charge is -2.33. The van der Waals surface area contributed by atoms with E-state index in [9.17, 15) is 26.3 Å². The van der Waals surface area contributed by atoms with Crippen LogP contribution in [0.15, 0.2) is 66.9 Å². The molecule has 3 nitrogen and oxygen atoms in total. The number of halogens is 8. The van der Waals surface area contributed by atoms with Crippen molar-refractivity contribution in [2.45, 2.75) is 43.6 Å². The fourth-order valence-corrected chi connectivity index (χ4v) is 6.34. The number of nitrogens with one attached hydrogen (secondary N) is 1. The molecule has 1 fully saturated rings. The molecule has 0 radical (unpaired) electrons. The number of benzene rings is 3. The van der Waals surface area contributed by atoms with Crippen molar-refractivity contribution in [1.82, 2.24) is 14.8 Å². The van der Waals surface area contributed by atoms with Crippen LogP contribution in [-0.4, -0.2) is 48.0 Å². The summed E-state index contributed by atoms with van der Waals surface area (Å²) in [6, 6.07) is 15.4. The van der Waals surface area contributed by atoms with Gasteiger partial charge >= 0.3 is 12.4 Å². The Hall–Kier alpha value is -2.72. The van der Waals surface area contributed by atoms with Gasteiger partial charge in [-0.15, -0.1) is 0 Å². The van der Waals surface area contributed by atoms with Crippen molar-refractivity contribution in [3.63, 3.8) is 0 Å². The molecule has 43 heavy (non-hydrogen) atoms. The molecular weight excluding hydrogens is 611 g/mol. The summed E-state index contributed by atoms with van der Waals surface area (Å²) >= 11 is 12.6. The molecule has 11 heteroatoms. The number of hydrogen-bond acceptors (Lipinski definition) is 2. The summed E-state index contributed by atoms with van der Waals surface area (Å²) in [5, 5.41) is 2.00. The van der Waals surface area contributed by atoms with Gasteiger partial charge in [0.1, 0.15) is 0 Å². The summed E-state index contributed by atoms with van der Waals surface area (Å²) in [4.78, 5) is 7.46. The van der Waals surface area contributed by atoms with Gasteiger partial charge in [0, 0.05) is 42.1 Å². The van der Waals surface area contributed by atoms with E-state index in [1.165, 1.54) is 10.9 Å². The highest BCUT2D eigenvalue weighted by Crippen LogP contribution is 2.42. The first kappa shape index (κ1) is 31.7. The van der Waals surface area contributed by atoms with E-state index in [-0.39, 0.29) is 18.2 Å². The molecule has 0 amide bonds. The van der Waals surface area contributed by atoms with Crippen molar-refractivity contribution >= 4 is 34.1 Å². The van der Waals surface area contributed by atoms with Crippen LogP contribution < -0.4 is 0 Å². The van der Waals surface area contributed by atoms with Crippen LogP contribution in [0.25, 0.3) is 10.9 Å². The van der Waals surface area contributed by atoms with Gasteiger partial charge in [-0.1, -0.05) is 47.5 Å². The SMILES string of the molecule is CN(CCc1c[nH]c2ccccc12)CCC1(c2ccc(Cl)c(Cl)c2)CCN(Cc2cc(C(F)(F)F)cc(C(F)(F)F)c2)C1. The monoisotopic (exact) mass is 641 g/mol. The Morgan fingerprint density at radius 1 is 0.884 bits per heavy atom. The van der Waals surface area contributed by atoms with Crippen LogP contribution in [0.1, 0.15) is 40.7 Å². The van der Waals surface area contributed by atoms with Crippen LogP contribution in [0.2, 0.25) is 10.0 Å². The van der Waals surface area contributed by atoms with Crippen molar-refractivity contribution in [3.8, 4) is 0 Å². The van der Waals surface area contributed by atoms with E-state index in [2.05, 4.69) is 16.0 Å². The number of fused-ring (bicyclic) bond motifs is 1. The third-order valence-electron chi connectivity index (χ3n) is 8.43. The average molecular weight is 643 g/mol. The van der Waals surface area contributed by atoms with Crippen LogP contribution in [0.4, 0.5) is 26.3 Å². The van der Waals surface area contributed by atoms with E-state index < -0.39 is 28.9 Å². The number of hydrogen-bond donors (Lipinski definition) is 1. The van der Waals surface area contributed by atoms with E-state index in [0.717, 1.165) is 49.1 Å². The number of para-hydroxylation sites is 1. The molecule has 1 atom stereocenters. The van der Waals surface area contributed by atoms with Crippen molar-refractivity contribution < 1.29 is 26.3 Å². The zero-order chi connectivity index (χ0) is 31.0. The summed E-state index contributed by atoms with van der Waals surface area (Å²) in [6.07, 6.45) is -5.50. The van der Waals surface area contributed by atoms with Crippen molar-refractivity contribution in [3.05, 3.63) is 105 Å². The highest BCUT2D eigenvalue weighted by molar-refractivity contribution is 6.42. The highest BCUT2D eigenvalue weighted by Gasteiger charge is 2.41. The molecule has 1 unspecified atom stereocenters. The largest absolute Gasteiger partial charge is 0.416 e. The Bertz CT molecular complexity index is 1550. The number of likely N-dealkylation sites (tertiary alicyclic amines) is 1. The minimum Gasteiger partial charge on any atom is -0.361 e. The minimum atomic E-state index is -4.89. The fraction of sp³-hybridized carbons (Fsp3) is 0.375. The lowest BCUT2D eigenvalue weighted by molar-refractivity contribution is -0.143. The molecular formula is C32H31Cl2F6N3. The second-order valence-corrected chi connectivity index (χ2v) is 12.3. The molecule has 1 N–H and O–H groups in total. The first-order valence-electron chi connectivity index (χ1n) is 13.9. The van der Waals surface area contributed by atoms with Crippen LogP contribution in [0.3, 0.4) is 0 Å². The number of nitrogens with zero attached hydrogens (tertiary/aromatic N) is 2. The summed E-state index contributed by atoms with van der Waals surface area (Å²) in [5.41, 5.74) is 0.240. The van der Waals surface area contributed by atoms with Gasteiger partial charge in [0.25, 0.3) is 0 Å². The van der Waals surface area contributed by atoms with Gasteiger partial charge in [-0.2, -0.15) is 26.3 Å². The van der Waals surface area contributed by atoms with E-state index in [0.29, 0.717) is 29.6 Å². The highest BCUT2D eigenvalue weighted by atomic mass is 35.5. The molecule has 0 saturated carbocycles. The number of aromatic amines is 1. The topological polar surface area (TPSA) is 22.3 Å². The number of rotatable bonds is 9. The second kappa shape index (κ2) is 12.3. The maximum atomic E-state index is 13.5. The van der Waals surface area contributed by atoms with Gasteiger partial charge in [-0.05, 0) is 92.5 Å². The Morgan fingerprint density at radius 2 is 1.58 bits per heavy atom. The van der Waals surface area contributed by atoms with Gasteiger partial charge in [-0.3, -0.25) is 4.90 Å².